The molecule has 0 aliphatic carbocycles. The summed E-state index contributed by atoms with van der Waals surface area (Å²) in [5, 5.41) is 12.2. The molecule has 0 atom stereocenters. The lowest BCUT2D eigenvalue weighted by Gasteiger charge is -2.18. The van der Waals surface area contributed by atoms with Crippen molar-refractivity contribution in [1.29, 1.82) is 0 Å². The van der Waals surface area contributed by atoms with Crippen molar-refractivity contribution in [3.63, 3.8) is 0 Å². The molecule has 0 amide bonds. The van der Waals surface area contributed by atoms with Crippen LogP contribution in [0.2, 0.25) is 0 Å². The van der Waals surface area contributed by atoms with Gasteiger partial charge in [-0.3, -0.25) is 9.36 Å². The third-order valence-electron chi connectivity index (χ3n) is 3.53. The van der Waals surface area contributed by atoms with Gasteiger partial charge in [-0.1, -0.05) is 0 Å². The van der Waals surface area contributed by atoms with Gasteiger partial charge in [0.15, 0.2) is 0 Å². The fourth-order valence-corrected chi connectivity index (χ4v) is 2.63. The molecule has 1 aromatic carbocycles. The van der Waals surface area contributed by atoms with Crippen molar-refractivity contribution in [2.24, 2.45) is 7.05 Å². The van der Waals surface area contributed by atoms with E-state index in [4.69, 9.17) is 0 Å². The van der Waals surface area contributed by atoms with E-state index in [-0.39, 0.29) is 22.6 Å². The van der Waals surface area contributed by atoms with Gasteiger partial charge in [-0.05, 0) is 60.2 Å². The number of hydrogen-bond acceptors (Lipinski definition) is 3. The minimum absolute atomic E-state index is 0.0439. The fourth-order valence-electron chi connectivity index (χ4n) is 2.17. The Balaban J connectivity index is 2.69. The Bertz CT molecular complexity index is 831. The van der Waals surface area contributed by atoms with Crippen LogP contribution in [0.4, 0.5) is 15.9 Å². The van der Waals surface area contributed by atoms with Gasteiger partial charge in [0.05, 0.1) is 5.69 Å². The van der Waals surface area contributed by atoms with Crippen molar-refractivity contribution in [2.45, 2.75) is 13.8 Å². The normalized spacial score (nSPS) is 10.6. The van der Waals surface area contributed by atoms with Crippen LogP contribution in [0.1, 0.15) is 21.5 Å². The number of halogens is 2. The summed E-state index contributed by atoms with van der Waals surface area (Å²) >= 11 is 1.98. The van der Waals surface area contributed by atoms with Gasteiger partial charge in [-0.25, -0.2) is 9.18 Å². The summed E-state index contributed by atoms with van der Waals surface area (Å²) < 4.78 is 15.9. The molecule has 1 heterocycles. The Morgan fingerprint density at radius 1 is 1.32 bits per heavy atom. The highest BCUT2D eigenvalue weighted by Crippen LogP contribution is 2.26. The van der Waals surface area contributed by atoms with Gasteiger partial charge in [-0.15, -0.1) is 0 Å². The topological polar surface area (TPSA) is 71.3 Å². The number of carboxylic acid groups (broad SMARTS) is 1. The van der Waals surface area contributed by atoms with E-state index in [1.165, 1.54) is 23.7 Å². The third-order valence-corrected chi connectivity index (χ3v) is 4.20. The fraction of sp³-hybridized carbons (Fsp3) is 0.200. The molecular formula is C15H14FIN2O3. The van der Waals surface area contributed by atoms with E-state index in [0.717, 1.165) is 0 Å². The van der Waals surface area contributed by atoms with Crippen molar-refractivity contribution in [1.82, 2.24) is 4.57 Å². The van der Waals surface area contributed by atoms with Gasteiger partial charge < -0.3 is 10.4 Å². The monoisotopic (exact) mass is 416 g/mol. The number of rotatable bonds is 3. The van der Waals surface area contributed by atoms with Gasteiger partial charge in [0, 0.05) is 16.2 Å². The minimum atomic E-state index is -1.18. The van der Waals surface area contributed by atoms with Crippen LogP contribution in [0, 0.1) is 23.2 Å². The highest BCUT2D eigenvalue weighted by Gasteiger charge is 2.21. The van der Waals surface area contributed by atoms with Crippen LogP contribution >= 0.6 is 22.6 Å². The van der Waals surface area contributed by atoms with Crippen LogP contribution in [0.15, 0.2) is 23.0 Å². The molecule has 7 heteroatoms. The number of benzene rings is 1. The van der Waals surface area contributed by atoms with E-state index in [9.17, 15) is 19.1 Å². The van der Waals surface area contributed by atoms with Crippen LogP contribution in [0.5, 0.6) is 0 Å². The average molecular weight is 416 g/mol. The summed E-state index contributed by atoms with van der Waals surface area (Å²) in [7, 11) is 1.45. The third kappa shape index (κ3) is 2.85. The van der Waals surface area contributed by atoms with E-state index in [1.54, 1.807) is 19.9 Å². The molecule has 0 bridgehead atoms. The van der Waals surface area contributed by atoms with E-state index in [2.05, 4.69) is 5.32 Å². The second-order valence-corrected chi connectivity index (χ2v) is 6.14. The number of carboxylic acids is 1. The smallest absolute Gasteiger partial charge is 0.339 e. The van der Waals surface area contributed by atoms with Crippen LogP contribution in [0.25, 0.3) is 0 Å². The largest absolute Gasteiger partial charge is 0.478 e. The molecule has 0 unspecified atom stereocenters. The lowest BCUT2D eigenvalue weighted by Crippen LogP contribution is -2.26. The van der Waals surface area contributed by atoms with Gasteiger partial charge >= 0.3 is 5.97 Å². The number of anilines is 2. The lowest BCUT2D eigenvalue weighted by molar-refractivity contribution is 0.0696. The predicted octanol–water partition coefficient (Wildman–Crippen LogP) is 3.19. The number of aromatic nitrogens is 1. The number of aromatic carboxylic acids is 1. The first kappa shape index (κ1) is 16.5. The predicted molar refractivity (Wildman–Crippen MR) is 90.5 cm³/mol. The molecule has 2 rings (SSSR count). The maximum atomic E-state index is 14.0. The maximum absolute atomic E-state index is 14.0. The van der Waals surface area contributed by atoms with Gasteiger partial charge in [0.25, 0.3) is 5.56 Å². The highest BCUT2D eigenvalue weighted by atomic mass is 127. The zero-order chi connectivity index (χ0) is 16.6. The first-order chi connectivity index (χ1) is 10.2. The van der Waals surface area contributed by atoms with Crippen LogP contribution in [0.3, 0.4) is 0 Å². The molecule has 116 valence electrons. The number of nitrogens with zero attached hydrogens (tertiary/aromatic N) is 1. The first-order valence-corrected chi connectivity index (χ1v) is 7.47. The first-order valence-electron chi connectivity index (χ1n) is 6.39. The Hall–Kier alpha value is -1.90. The highest BCUT2D eigenvalue weighted by molar-refractivity contribution is 14.1. The van der Waals surface area contributed by atoms with E-state index < -0.39 is 11.8 Å². The molecule has 0 saturated heterocycles. The Morgan fingerprint density at radius 3 is 2.50 bits per heavy atom. The van der Waals surface area contributed by atoms with Crippen molar-refractivity contribution in [2.75, 3.05) is 5.32 Å². The Morgan fingerprint density at radius 2 is 1.95 bits per heavy atom. The SMILES string of the molecule is Cc1c(C(=O)O)c(Nc2ccc(I)cc2F)n(C)c(=O)c1C. The minimum Gasteiger partial charge on any atom is -0.478 e. The number of carbonyl (C=O) groups is 1. The average Bonchev–Trinajstić information content (AvgIpc) is 2.44. The summed E-state index contributed by atoms with van der Waals surface area (Å²) in [6.07, 6.45) is 0. The summed E-state index contributed by atoms with van der Waals surface area (Å²) in [6, 6.07) is 4.51. The van der Waals surface area contributed by atoms with Gasteiger partial charge in [-0.2, -0.15) is 0 Å². The van der Waals surface area contributed by atoms with Crippen LogP contribution in [-0.2, 0) is 7.05 Å². The van der Waals surface area contributed by atoms with E-state index >= 15 is 0 Å². The molecule has 2 aromatic rings. The molecule has 0 aliphatic rings. The molecule has 0 radical (unpaired) electrons. The summed E-state index contributed by atoms with van der Waals surface area (Å²) in [4.78, 5) is 23.7. The second kappa shape index (κ2) is 6.07. The number of hydrogen-bond donors (Lipinski definition) is 2. The Labute approximate surface area is 139 Å². The quantitative estimate of drug-likeness (QED) is 0.755. The summed E-state index contributed by atoms with van der Waals surface area (Å²) in [5.74, 6) is -1.64. The van der Waals surface area contributed by atoms with Gasteiger partial charge in [0.2, 0.25) is 0 Å². The molecule has 0 saturated carbocycles. The lowest BCUT2D eigenvalue weighted by atomic mass is 10.1. The summed E-state index contributed by atoms with van der Waals surface area (Å²) in [5.41, 5.74) is 0.465. The molecule has 1 aromatic heterocycles. The standard InChI is InChI=1S/C15H14FIN2O3/c1-7-8(2)14(20)19(3)13(12(7)15(21)22)18-11-5-4-9(17)6-10(11)16/h4-6,18H,1-3H3,(H,21,22). The summed E-state index contributed by atoms with van der Waals surface area (Å²) in [6.45, 7) is 3.13. The van der Waals surface area contributed by atoms with Crippen molar-refractivity contribution in [3.8, 4) is 0 Å². The molecule has 22 heavy (non-hydrogen) atoms. The number of nitrogens with one attached hydrogen (secondary N) is 1. The van der Waals surface area contributed by atoms with Crippen molar-refractivity contribution < 1.29 is 14.3 Å². The second-order valence-electron chi connectivity index (χ2n) is 4.89. The van der Waals surface area contributed by atoms with E-state index in [0.29, 0.717) is 14.7 Å². The van der Waals surface area contributed by atoms with Crippen LogP contribution < -0.4 is 10.9 Å². The zero-order valence-electron chi connectivity index (χ0n) is 12.2. The molecule has 0 fully saturated rings. The molecule has 2 N–H and O–H groups in total. The van der Waals surface area contributed by atoms with Crippen LogP contribution in [-0.4, -0.2) is 15.6 Å². The van der Waals surface area contributed by atoms with Crippen molar-refractivity contribution >= 4 is 40.1 Å². The van der Waals surface area contributed by atoms with Gasteiger partial charge in [0.1, 0.15) is 17.2 Å². The zero-order valence-corrected chi connectivity index (χ0v) is 14.4. The molecule has 0 spiro atoms. The molecular weight excluding hydrogens is 402 g/mol. The maximum Gasteiger partial charge on any atom is 0.339 e. The van der Waals surface area contributed by atoms with E-state index in [1.807, 2.05) is 22.6 Å². The molecule has 5 nitrogen and oxygen atoms in total. The van der Waals surface area contributed by atoms with Crippen molar-refractivity contribution in [3.05, 3.63) is 54.6 Å². The Kier molecular flexibility index (Phi) is 4.55. The molecule has 0 aliphatic heterocycles. The number of pyridine rings is 1.